The molecule has 7 heteroatoms. The number of aryl methyl sites for hydroxylation is 1. The molecule has 2 aromatic rings. The molecule has 0 fully saturated rings. The summed E-state index contributed by atoms with van der Waals surface area (Å²) in [4.78, 5) is 16.3. The molecule has 0 spiro atoms. The quantitative estimate of drug-likeness (QED) is 0.747. The Kier molecular flexibility index (Phi) is 4.71. The molecular formula is C17H20N2O5. The van der Waals surface area contributed by atoms with Crippen molar-refractivity contribution in [1.29, 1.82) is 0 Å². The zero-order chi connectivity index (χ0) is 17.1. The van der Waals surface area contributed by atoms with E-state index < -0.39 is 0 Å². The Bertz CT molecular complexity index is 800. The van der Waals surface area contributed by atoms with Crippen molar-refractivity contribution in [2.24, 2.45) is 0 Å². The lowest BCUT2D eigenvalue weighted by atomic mass is 9.97. The molecule has 128 valence electrons. The van der Waals surface area contributed by atoms with Crippen molar-refractivity contribution in [3.63, 3.8) is 0 Å². The second-order valence-electron chi connectivity index (χ2n) is 5.37. The topological polar surface area (TPSA) is 71.8 Å². The second kappa shape index (κ2) is 6.92. The molecule has 0 bridgehead atoms. The number of benzene rings is 1. The van der Waals surface area contributed by atoms with Gasteiger partial charge in [-0.3, -0.25) is 4.57 Å². The van der Waals surface area contributed by atoms with Crippen LogP contribution < -0.4 is 19.9 Å². The fourth-order valence-corrected chi connectivity index (χ4v) is 2.83. The number of rotatable bonds is 6. The molecule has 1 aliphatic rings. The van der Waals surface area contributed by atoms with Gasteiger partial charge in [-0.05, 0) is 24.1 Å². The minimum Gasteiger partial charge on any atom is -0.493 e. The molecule has 0 saturated carbocycles. The third-order valence-corrected chi connectivity index (χ3v) is 4.02. The van der Waals surface area contributed by atoms with Gasteiger partial charge < -0.3 is 18.9 Å². The molecule has 0 N–H and O–H groups in total. The largest absolute Gasteiger partial charge is 0.493 e. The Hall–Kier alpha value is -2.54. The Labute approximate surface area is 139 Å². The minimum atomic E-state index is -0.319. The highest BCUT2D eigenvalue weighted by molar-refractivity contribution is 5.70. The standard InChI is InChI=1S/C17H20N2O5/c1-21-6-7-24-16-10-13-12-9-15(23-3)14(22-2)8-11(12)4-5-19(13)17(20)18-16/h8-10H,4-7H2,1-3H3. The van der Waals surface area contributed by atoms with Gasteiger partial charge >= 0.3 is 5.69 Å². The molecule has 0 amide bonds. The van der Waals surface area contributed by atoms with Gasteiger partial charge in [0.25, 0.3) is 0 Å². The van der Waals surface area contributed by atoms with Crippen molar-refractivity contribution in [3.05, 3.63) is 34.2 Å². The average Bonchev–Trinajstić information content (AvgIpc) is 2.60. The van der Waals surface area contributed by atoms with Crippen LogP contribution in [0.1, 0.15) is 5.56 Å². The normalized spacial score (nSPS) is 12.3. The summed E-state index contributed by atoms with van der Waals surface area (Å²) in [6, 6.07) is 5.62. The number of hydrogen-bond acceptors (Lipinski definition) is 6. The zero-order valence-corrected chi connectivity index (χ0v) is 14.0. The van der Waals surface area contributed by atoms with Gasteiger partial charge in [0.2, 0.25) is 5.88 Å². The fourth-order valence-electron chi connectivity index (χ4n) is 2.83. The molecule has 1 aromatic heterocycles. The molecule has 0 radical (unpaired) electrons. The minimum absolute atomic E-state index is 0.297. The van der Waals surface area contributed by atoms with Crippen molar-refractivity contribution in [3.8, 4) is 28.6 Å². The molecule has 2 heterocycles. The molecule has 0 aliphatic carbocycles. The van der Waals surface area contributed by atoms with Crippen LogP contribution in [0.5, 0.6) is 17.4 Å². The summed E-state index contributed by atoms with van der Waals surface area (Å²) in [5, 5.41) is 0. The van der Waals surface area contributed by atoms with E-state index in [4.69, 9.17) is 18.9 Å². The summed E-state index contributed by atoms with van der Waals surface area (Å²) in [6.45, 7) is 1.34. The number of ether oxygens (including phenoxy) is 4. The van der Waals surface area contributed by atoms with E-state index in [1.807, 2.05) is 12.1 Å². The number of nitrogens with zero attached hydrogens (tertiary/aromatic N) is 2. The van der Waals surface area contributed by atoms with E-state index in [0.717, 1.165) is 23.2 Å². The highest BCUT2D eigenvalue weighted by Gasteiger charge is 2.21. The zero-order valence-electron chi connectivity index (χ0n) is 14.0. The maximum absolute atomic E-state index is 12.3. The maximum atomic E-state index is 12.3. The van der Waals surface area contributed by atoms with Crippen LogP contribution >= 0.6 is 0 Å². The van der Waals surface area contributed by atoms with Crippen LogP contribution in [0.25, 0.3) is 11.3 Å². The third kappa shape index (κ3) is 2.94. The van der Waals surface area contributed by atoms with Crippen molar-refractivity contribution < 1.29 is 18.9 Å². The average molecular weight is 332 g/mol. The molecule has 1 aliphatic heterocycles. The van der Waals surface area contributed by atoms with E-state index in [2.05, 4.69) is 4.98 Å². The van der Waals surface area contributed by atoms with E-state index in [1.54, 1.807) is 32.0 Å². The lowest BCUT2D eigenvalue weighted by Crippen LogP contribution is -2.28. The van der Waals surface area contributed by atoms with Gasteiger partial charge in [0.1, 0.15) is 6.61 Å². The first-order chi connectivity index (χ1) is 11.7. The SMILES string of the molecule is COCCOc1cc2n(c(=O)n1)CCc1cc(OC)c(OC)cc1-2. The van der Waals surface area contributed by atoms with Crippen molar-refractivity contribution in [2.75, 3.05) is 34.5 Å². The fraction of sp³-hybridized carbons (Fsp3) is 0.412. The molecule has 0 atom stereocenters. The van der Waals surface area contributed by atoms with Gasteiger partial charge in [-0.15, -0.1) is 0 Å². The van der Waals surface area contributed by atoms with E-state index in [9.17, 15) is 4.79 Å². The van der Waals surface area contributed by atoms with Crippen LogP contribution in [-0.4, -0.2) is 44.1 Å². The maximum Gasteiger partial charge on any atom is 0.351 e. The highest BCUT2D eigenvalue weighted by atomic mass is 16.5. The van der Waals surface area contributed by atoms with Crippen LogP contribution in [0.15, 0.2) is 23.0 Å². The Balaban J connectivity index is 2.07. The van der Waals surface area contributed by atoms with E-state index >= 15 is 0 Å². The molecule has 24 heavy (non-hydrogen) atoms. The van der Waals surface area contributed by atoms with Crippen LogP contribution in [0.2, 0.25) is 0 Å². The Morgan fingerprint density at radius 1 is 1.08 bits per heavy atom. The van der Waals surface area contributed by atoms with Crippen molar-refractivity contribution >= 4 is 0 Å². The summed E-state index contributed by atoms with van der Waals surface area (Å²) in [5.41, 5.74) is 2.47. The van der Waals surface area contributed by atoms with Gasteiger partial charge in [-0.25, -0.2) is 4.79 Å². The van der Waals surface area contributed by atoms with Crippen LogP contribution in [0.4, 0.5) is 0 Å². The summed E-state index contributed by atoms with van der Waals surface area (Å²) in [7, 11) is 4.79. The van der Waals surface area contributed by atoms with E-state index in [1.165, 1.54) is 0 Å². The highest BCUT2D eigenvalue weighted by Crippen LogP contribution is 2.38. The molecular weight excluding hydrogens is 312 g/mol. The van der Waals surface area contributed by atoms with Gasteiger partial charge in [0, 0.05) is 25.3 Å². The number of methoxy groups -OCH3 is 3. The van der Waals surface area contributed by atoms with Gasteiger partial charge in [0.15, 0.2) is 11.5 Å². The van der Waals surface area contributed by atoms with E-state index in [-0.39, 0.29) is 5.69 Å². The molecule has 3 rings (SSSR count). The first-order valence-corrected chi connectivity index (χ1v) is 7.66. The van der Waals surface area contributed by atoms with E-state index in [0.29, 0.717) is 37.1 Å². The van der Waals surface area contributed by atoms with Crippen molar-refractivity contribution in [1.82, 2.24) is 9.55 Å². The summed E-state index contributed by atoms with van der Waals surface area (Å²) in [6.07, 6.45) is 0.730. The van der Waals surface area contributed by atoms with Gasteiger partial charge in [0.05, 0.1) is 26.5 Å². The second-order valence-corrected chi connectivity index (χ2v) is 5.37. The van der Waals surface area contributed by atoms with Crippen LogP contribution in [0, 0.1) is 0 Å². The Morgan fingerprint density at radius 3 is 2.54 bits per heavy atom. The lowest BCUT2D eigenvalue weighted by Gasteiger charge is -2.23. The van der Waals surface area contributed by atoms with Crippen molar-refractivity contribution in [2.45, 2.75) is 13.0 Å². The van der Waals surface area contributed by atoms with Gasteiger partial charge in [-0.1, -0.05) is 0 Å². The third-order valence-electron chi connectivity index (χ3n) is 4.02. The molecule has 1 aromatic carbocycles. The van der Waals surface area contributed by atoms with Gasteiger partial charge in [-0.2, -0.15) is 4.98 Å². The summed E-state index contributed by atoms with van der Waals surface area (Å²) >= 11 is 0. The predicted molar refractivity (Wildman–Crippen MR) is 88.1 cm³/mol. The van der Waals surface area contributed by atoms with Crippen LogP contribution in [-0.2, 0) is 17.7 Å². The molecule has 7 nitrogen and oxygen atoms in total. The smallest absolute Gasteiger partial charge is 0.351 e. The summed E-state index contributed by atoms with van der Waals surface area (Å²) < 4.78 is 22.8. The first kappa shape index (κ1) is 16.3. The number of aromatic nitrogens is 2. The summed E-state index contributed by atoms with van der Waals surface area (Å²) in [5.74, 6) is 1.60. The van der Waals surface area contributed by atoms with Crippen LogP contribution in [0.3, 0.4) is 0 Å². The first-order valence-electron chi connectivity index (χ1n) is 7.66. The molecule has 0 saturated heterocycles. The number of fused-ring (bicyclic) bond motifs is 3. The Morgan fingerprint density at radius 2 is 1.83 bits per heavy atom. The number of hydrogen-bond donors (Lipinski definition) is 0. The molecule has 0 unspecified atom stereocenters. The predicted octanol–water partition coefficient (Wildman–Crippen LogP) is 1.51. The monoisotopic (exact) mass is 332 g/mol. The lowest BCUT2D eigenvalue weighted by molar-refractivity contribution is 0.143.